The number of nitrogens with two attached hydrogens (primary N) is 1. The quantitative estimate of drug-likeness (QED) is 0.274. The van der Waals surface area contributed by atoms with E-state index >= 15 is 0 Å². The number of oxime groups is 1. The lowest BCUT2D eigenvalue weighted by Gasteiger charge is -2.08. The van der Waals surface area contributed by atoms with Crippen LogP contribution in [0.3, 0.4) is 0 Å². The molecular formula is C8H10ClN3OS. The predicted octanol–water partition coefficient (Wildman–Crippen LogP) is 1.96. The Balaban J connectivity index is 2.74. The average molecular weight is 232 g/mol. The first-order valence-corrected chi connectivity index (χ1v) is 5.15. The van der Waals surface area contributed by atoms with Crippen molar-refractivity contribution in [3.05, 3.63) is 23.4 Å². The van der Waals surface area contributed by atoms with E-state index in [0.717, 1.165) is 0 Å². The third-order valence-electron chi connectivity index (χ3n) is 1.55. The maximum Gasteiger partial charge on any atom is 0.152 e. The van der Waals surface area contributed by atoms with Crippen LogP contribution in [-0.4, -0.2) is 21.3 Å². The molecule has 1 atom stereocenters. The second-order valence-electron chi connectivity index (χ2n) is 2.58. The van der Waals surface area contributed by atoms with Crippen LogP contribution < -0.4 is 5.73 Å². The fraction of sp³-hybridized carbons (Fsp3) is 0.250. The maximum atomic E-state index is 8.45. The number of rotatable bonds is 3. The molecule has 1 aromatic rings. The van der Waals surface area contributed by atoms with E-state index in [1.165, 1.54) is 11.8 Å². The number of aromatic nitrogens is 1. The lowest BCUT2D eigenvalue weighted by atomic mass is 10.4. The molecule has 1 unspecified atom stereocenters. The van der Waals surface area contributed by atoms with Crippen molar-refractivity contribution in [3.8, 4) is 0 Å². The van der Waals surface area contributed by atoms with Gasteiger partial charge in [0.05, 0.1) is 10.3 Å². The standard InChI is InChI=1S/C8H10ClN3OS/c1-5(7(10)12-13)14-8-6(9)3-2-4-11-8/h2-5,13H,1H3,(H2,10,12). The van der Waals surface area contributed by atoms with Gasteiger partial charge in [-0.25, -0.2) is 4.98 Å². The molecule has 0 spiro atoms. The Labute approximate surface area is 91.2 Å². The molecule has 0 aromatic carbocycles. The van der Waals surface area contributed by atoms with E-state index in [2.05, 4.69) is 10.1 Å². The Morgan fingerprint density at radius 2 is 2.50 bits per heavy atom. The normalized spacial score (nSPS) is 14.0. The molecule has 0 radical (unpaired) electrons. The average Bonchev–Trinajstić information content (AvgIpc) is 2.20. The molecule has 1 heterocycles. The minimum atomic E-state index is -0.160. The van der Waals surface area contributed by atoms with E-state index in [0.29, 0.717) is 10.0 Å². The molecule has 3 N–H and O–H groups in total. The molecule has 14 heavy (non-hydrogen) atoms. The van der Waals surface area contributed by atoms with Crippen molar-refractivity contribution < 1.29 is 5.21 Å². The van der Waals surface area contributed by atoms with Gasteiger partial charge in [0, 0.05) is 6.20 Å². The number of nitrogens with zero attached hydrogens (tertiary/aromatic N) is 2. The van der Waals surface area contributed by atoms with Crippen LogP contribution in [0, 0.1) is 0 Å². The Hall–Kier alpha value is -0.940. The van der Waals surface area contributed by atoms with E-state index in [1.54, 1.807) is 18.3 Å². The molecule has 0 aliphatic heterocycles. The van der Waals surface area contributed by atoms with E-state index in [1.807, 2.05) is 6.92 Å². The molecule has 76 valence electrons. The lowest BCUT2D eigenvalue weighted by molar-refractivity contribution is 0.317. The van der Waals surface area contributed by atoms with Gasteiger partial charge in [-0.1, -0.05) is 28.5 Å². The van der Waals surface area contributed by atoms with Gasteiger partial charge >= 0.3 is 0 Å². The van der Waals surface area contributed by atoms with Crippen molar-refractivity contribution in [3.63, 3.8) is 0 Å². The molecule has 0 aliphatic rings. The zero-order chi connectivity index (χ0) is 10.6. The number of halogens is 1. The Kier molecular flexibility index (Phi) is 4.03. The number of thioether (sulfide) groups is 1. The minimum absolute atomic E-state index is 0.150. The number of amidine groups is 1. The van der Waals surface area contributed by atoms with E-state index in [9.17, 15) is 0 Å². The summed E-state index contributed by atoms with van der Waals surface area (Å²) in [5.74, 6) is 0.150. The van der Waals surface area contributed by atoms with Crippen LogP contribution in [0.25, 0.3) is 0 Å². The fourth-order valence-corrected chi connectivity index (χ4v) is 1.83. The second kappa shape index (κ2) is 5.07. The smallest absolute Gasteiger partial charge is 0.152 e. The summed E-state index contributed by atoms with van der Waals surface area (Å²) >= 11 is 7.23. The van der Waals surface area contributed by atoms with Gasteiger partial charge < -0.3 is 10.9 Å². The van der Waals surface area contributed by atoms with Crippen LogP contribution in [0.15, 0.2) is 28.5 Å². The summed E-state index contributed by atoms with van der Waals surface area (Å²) in [6.07, 6.45) is 1.65. The van der Waals surface area contributed by atoms with Crippen molar-refractivity contribution in [2.75, 3.05) is 0 Å². The molecule has 0 aliphatic carbocycles. The van der Waals surface area contributed by atoms with Gasteiger partial charge in [0.1, 0.15) is 5.03 Å². The van der Waals surface area contributed by atoms with Crippen LogP contribution in [0.2, 0.25) is 5.02 Å². The second-order valence-corrected chi connectivity index (χ2v) is 4.31. The first-order valence-electron chi connectivity index (χ1n) is 3.89. The van der Waals surface area contributed by atoms with Crippen molar-refractivity contribution >= 4 is 29.2 Å². The molecule has 0 saturated heterocycles. The largest absolute Gasteiger partial charge is 0.409 e. The third-order valence-corrected chi connectivity index (χ3v) is 3.11. The summed E-state index contributed by atoms with van der Waals surface area (Å²) in [6, 6.07) is 3.50. The number of hydrogen-bond donors (Lipinski definition) is 2. The molecule has 1 rings (SSSR count). The van der Waals surface area contributed by atoms with E-state index in [-0.39, 0.29) is 11.1 Å². The van der Waals surface area contributed by atoms with Gasteiger partial charge in [0.15, 0.2) is 5.84 Å². The highest BCUT2D eigenvalue weighted by Crippen LogP contribution is 2.27. The SMILES string of the molecule is CC(Sc1ncccc1Cl)/C(N)=N/O. The molecule has 4 nitrogen and oxygen atoms in total. The number of pyridine rings is 1. The molecule has 1 aromatic heterocycles. The highest BCUT2D eigenvalue weighted by molar-refractivity contribution is 8.00. The van der Waals surface area contributed by atoms with Crippen molar-refractivity contribution in [2.45, 2.75) is 17.2 Å². The molecule has 0 amide bonds. The van der Waals surface area contributed by atoms with Gasteiger partial charge in [0.2, 0.25) is 0 Å². The van der Waals surface area contributed by atoms with Gasteiger partial charge in [-0.3, -0.25) is 0 Å². The Morgan fingerprint density at radius 3 is 3.07 bits per heavy atom. The molecule has 0 fully saturated rings. The van der Waals surface area contributed by atoms with E-state index in [4.69, 9.17) is 22.5 Å². The Morgan fingerprint density at radius 1 is 1.79 bits per heavy atom. The predicted molar refractivity (Wildman–Crippen MR) is 58.0 cm³/mol. The molecular weight excluding hydrogens is 222 g/mol. The summed E-state index contributed by atoms with van der Waals surface area (Å²) in [4.78, 5) is 4.07. The van der Waals surface area contributed by atoms with Crippen molar-refractivity contribution in [2.24, 2.45) is 10.9 Å². The topological polar surface area (TPSA) is 71.5 Å². The van der Waals surface area contributed by atoms with Gasteiger partial charge in [0.25, 0.3) is 0 Å². The zero-order valence-electron chi connectivity index (χ0n) is 7.51. The monoisotopic (exact) mass is 231 g/mol. The summed E-state index contributed by atoms with van der Waals surface area (Å²) < 4.78 is 0. The third kappa shape index (κ3) is 2.78. The minimum Gasteiger partial charge on any atom is -0.409 e. The van der Waals surface area contributed by atoms with Crippen LogP contribution in [0.4, 0.5) is 0 Å². The van der Waals surface area contributed by atoms with Crippen LogP contribution in [-0.2, 0) is 0 Å². The van der Waals surface area contributed by atoms with Gasteiger partial charge in [-0.2, -0.15) is 0 Å². The zero-order valence-corrected chi connectivity index (χ0v) is 9.09. The van der Waals surface area contributed by atoms with Crippen LogP contribution in [0.5, 0.6) is 0 Å². The summed E-state index contributed by atoms with van der Waals surface area (Å²) in [5, 5.41) is 12.4. The first kappa shape index (κ1) is 11.1. The summed E-state index contributed by atoms with van der Waals surface area (Å²) in [6.45, 7) is 1.81. The fourth-order valence-electron chi connectivity index (χ4n) is 0.767. The van der Waals surface area contributed by atoms with E-state index < -0.39 is 0 Å². The first-order chi connectivity index (χ1) is 6.65. The van der Waals surface area contributed by atoms with Crippen molar-refractivity contribution in [1.82, 2.24) is 4.98 Å². The Bertz CT molecular complexity index is 345. The van der Waals surface area contributed by atoms with Crippen molar-refractivity contribution in [1.29, 1.82) is 0 Å². The molecule has 0 bridgehead atoms. The highest BCUT2D eigenvalue weighted by Gasteiger charge is 2.12. The van der Waals surface area contributed by atoms with Gasteiger partial charge in [-0.15, -0.1) is 0 Å². The molecule has 0 saturated carbocycles. The van der Waals surface area contributed by atoms with Crippen LogP contribution in [0.1, 0.15) is 6.92 Å². The van der Waals surface area contributed by atoms with Gasteiger partial charge in [-0.05, 0) is 19.1 Å². The highest BCUT2D eigenvalue weighted by atomic mass is 35.5. The number of hydrogen-bond acceptors (Lipinski definition) is 4. The molecule has 6 heteroatoms. The lowest BCUT2D eigenvalue weighted by Crippen LogP contribution is -2.23. The summed E-state index contributed by atoms with van der Waals surface area (Å²) in [7, 11) is 0. The van der Waals surface area contributed by atoms with Crippen LogP contribution >= 0.6 is 23.4 Å². The maximum absolute atomic E-state index is 8.45. The summed E-state index contributed by atoms with van der Waals surface area (Å²) in [5.41, 5.74) is 5.42.